The molecule has 0 bridgehead atoms. The fourth-order valence-corrected chi connectivity index (χ4v) is 4.26. The van der Waals surface area contributed by atoms with Crippen LogP contribution in [-0.2, 0) is 9.53 Å². The number of hydrogen-bond donors (Lipinski definition) is 1. The Kier molecular flexibility index (Phi) is 5.58. The summed E-state index contributed by atoms with van der Waals surface area (Å²) in [6, 6.07) is 15.3. The largest absolute Gasteiger partial charge is 0.466 e. The third-order valence-corrected chi connectivity index (χ3v) is 5.61. The summed E-state index contributed by atoms with van der Waals surface area (Å²) in [5.74, 6) is -0.430. The predicted molar refractivity (Wildman–Crippen MR) is 117 cm³/mol. The second-order valence-electron chi connectivity index (χ2n) is 7.27. The maximum Gasteiger partial charge on any atom is 0.310 e. The number of nitrogens with zero attached hydrogens (tertiary/aromatic N) is 1. The minimum absolute atomic E-state index is 0.164. The highest BCUT2D eigenvalue weighted by Crippen LogP contribution is 2.37. The van der Waals surface area contributed by atoms with E-state index in [2.05, 4.69) is 4.98 Å². The van der Waals surface area contributed by atoms with Crippen molar-refractivity contribution >= 4 is 34.2 Å². The zero-order valence-electron chi connectivity index (χ0n) is 16.3. The quantitative estimate of drug-likeness (QED) is 0.637. The lowest BCUT2D eigenvalue weighted by Gasteiger charge is -2.34. The Labute approximate surface area is 174 Å². The molecule has 0 aliphatic carbocycles. The van der Waals surface area contributed by atoms with E-state index in [0.717, 1.165) is 34.9 Å². The van der Waals surface area contributed by atoms with Gasteiger partial charge in [-0.05, 0) is 43.5 Å². The van der Waals surface area contributed by atoms with E-state index in [0.29, 0.717) is 30.4 Å². The Hall–Kier alpha value is -2.79. The number of carbonyl (C=O) groups is 1. The van der Waals surface area contributed by atoms with E-state index in [9.17, 15) is 9.59 Å². The summed E-state index contributed by atoms with van der Waals surface area (Å²) >= 11 is 6.29. The Bertz CT molecular complexity index is 1090. The molecule has 4 rings (SSSR count). The monoisotopic (exact) mass is 410 g/mol. The molecule has 5 nitrogen and oxygen atoms in total. The number of ether oxygens (including phenoxy) is 1. The first kappa shape index (κ1) is 19.5. The van der Waals surface area contributed by atoms with Crippen LogP contribution in [0, 0.1) is 5.92 Å². The van der Waals surface area contributed by atoms with Gasteiger partial charge in [-0.25, -0.2) is 0 Å². The topological polar surface area (TPSA) is 62.4 Å². The van der Waals surface area contributed by atoms with Crippen molar-refractivity contribution in [3.8, 4) is 11.1 Å². The first-order valence-corrected chi connectivity index (χ1v) is 10.3. The number of benzene rings is 2. The second-order valence-corrected chi connectivity index (χ2v) is 7.71. The summed E-state index contributed by atoms with van der Waals surface area (Å²) in [6.45, 7) is 3.35. The van der Waals surface area contributed by atoms with Gasteiger partial charge in [0.2, 0.25) is 0 Å². The molecule has 1 aromatic heterocycles. The number of hydrogen-bond acceptors (Lipinski definition) is 4. The van der Waals surface area contributed by atoms with Crippen molar-refractivity contribution in [3.63, 3.8) is 0 Å². The number of aromatic amines is 1. The van der Waals surface area contributed by atoms with E-state index in [1.165, 1.54) is 0 Å². The number of nitrogens with one attached hydrogen (secondary N) is 1. The van der Waals surface area contributed by atoms with Gasteiger partial charge in [0.1, 0.15) is 5.69 Å². The van der Waals surface area contributed by atoms with Gasteiger partial charge < -0.3 is 14.6 Å². The molecule has 1 aliphatic heterocycles. The zero-order valence-corrected chi connectivity index (χ0v) is 17.0. The molecule has 1 atom stereocenters. The van der Waals surface area contributed by atoms with Gasteiger partial charge in [0, 0.05) is 34.6 Å². The molecular weight excluding hydrogens is 388 g/mol. The number of fused-ring (bicyclic) bond motifs is 1. The Morgan fingerprint density at radius 2 is 2.03 bits per heavy atom. The first-order chi connectivity index (χ1) is 14.1. The second kappa shape index (κ2) is 8.29. The third-order valence-electron chi connectivity index (χ3n) is 5.37. The fraction of sp³-hybridized carbons (Fsp3) is 0.304. The van der Waals surface area contributed by atoms with Crippen molar-refractivity contribution in [1.29, 1.82) is 0 Å². The number of H-pyrrole nitrogens is 1. The molecule has 1 fully saturated rings. The number of esters is 1. The van der Waals surface area contributed by atoms with Crippen LogP contribution in [0.1, 0.15) is 19.8 Å². The Morgan fingerprint density at radius 1 is 1.24 bits per heavy atom. The molecule has 2 aromatic carbocycles. The van der Waals surface area contributed by atoms with Gasteiger partial charge in [0.05, 0.1) is 12.5 Å². The lowest BCUT2D eigenvalue weighted by atomic mass is 9.94. The first-order valence-electron chi connectivity index (χ1n) is 9.91. The van der Waals surface area contributed by atoms with Crippen LogP contribution in [0.4, 0.5) is 5.69 Å². The Balaban J connectivity index is 1.89. The van der Waals surface area contributed by atoms with Crippen LogP contribution in [0.2, 0.25) is 5.02 Å². The molecule has 1 N–H and O–H groups in total. The number of piperidine rings is 1. The minimum atomic E-state index is -0.234. The maximum atomic E-state index is 13.2. The smallest absolute Gasteiger partial charge is 0.310 e. The zero-order chi connectivity index (χ0) is 20.4. The number of pyridine rings is 1. The summed E-state index contributed by atoms with van der Waals surface area (Å²) in [5, 5.41) is 1.49. The molecule has 1 saturated heterocycles. The number of aromatic nitrogens is 1. The summed E-state index contributed by atoms with van der Waals surface area (Å²) < 4.78 is 5.23. The van der Waals surface area contributed by atoms with E-state index in [1.807, 2.05) is 54.3 Å². The van der Waals surface area contributed by atoms with Crippen LogP contribution in [0.25, 0.3) is 22.0 Å². The lowest BCUT2D eigenvalue weighted by molar-refractivity contribution is -0.148. The summed E-state index contributed by atoms with van der Waals surface area (Å²) in [5.41, 5.74) is 2.94. The molecule has 0 saturated carbocycles. The molecule has 6 heteroatoms. The van der Waals surface area contributed by atoms with Crippen molar-refractivity contribution < 1.29 is 9.53 Å². The standard InChI is InChI=1S/C23H23ClN2O3/c1-2-29-23(28)16-9-6-12-26(14-16)21-20(15-7-4-3-5-8-15)18-13-17(24)10-11-19(18)25-22(21)27/h3-5,7-8,10-11,13,16H,2,6,9,12,14H2,1H3,(H,25,27). The van der Waals surface area contributed by atoms with Crippen LogP contribution < -0.4 is 10.5 Å². The van der Waals surface area contributed by atoms with Gasteiger partial charge in [0.15, 0.2) is 0 Å². The normalized spacial score (nSPS) is 16.8. The maximum absolute atomic E-state index is 13.2. The number of halogens is 1. The van der Waals surface area contributed by atoms with Crippen molar-refractivity contribution in [2.24, 2.45) is 5.92 Å². The van der Waals surface area contributed by atoms with E-state index in [4.69, 9.17) is 16.3 Å². The molecule has 1 unspecified atom stereocenters. The molecule has 0 amide bonds. The molecule has 0 radical (unpaired) electrons. The van der Waals surface area contributed by atoms with Crippen molar-refractivity contribution in [1.82, 2.24) is 4.98 Å². The van der Waals surface area contributed by atoms with Crippen molar-refractivity contribution in [2.45, 2.75) is 19.8 Å². The number of anilines is 1. The molecule has 150 valence electrons. The Morgan fingerprint density at radius 3 is 2.79 bits per heavy atom. The summed E-state index contributed by atoms with van der Waals surface area (Å²) in [4.78, 5) is 30.5. The van der Waals surface area contributed by atoms with Crippen molar-refractivity contribution in [2.75, 3.05) is 24.6 Å². The van der Waals surface area contributed by atoms with Crippen LogP contribution in [-0.4, -0.2) is 30.6 Å². The molecule has 1 aliphatic rings. The van der Waals surface area contributed by atoms with E-state index >= 15 is 0 Å². The summed E-state index contributed by atoms with van der Waals surface area (Å²) in [6.07, 6.45) is 1.60. The molecule has 3 aromatic rings. The molecule has 0 spiro atoms. The predicted octanol–water partition coefficient (Wildman–Crippen LogP) is 4.63. The SMILES string of the molecule is CCOC(=O)C1CCCN(c2c(-c3ccccc3)c3cc(Cl)ccc3[nH]c2=O)C1. The van der Waals surface area contributed by atoms with Crippen molar-refractivity contribution in [3.05, 3.63) is 63.9 Å². The van der Waals surface area contributed by atoms with Gasteiger partial charge in [0.25, 0.3) is 5.56 Å². The van der Waals surface area contributed by atoms with Crippen LogP contribution >= 0.6 is 11.6 Å². The third kappa shape index (κ3) is 3.87. The van der Waals surface area contributed by atoms with E-state index in [-0.39, 0.29) is 17.4 Å². The lowest BCUT2D eigenvalue weighted by Crippen LogP contribution is -2.42. The van der Waals surface area contributed by atoms with Gasteiger partial charge in [-0.1, -0.05) is 41.9 Å². The highest BCUT2D eigenvalue weighted by atomic mass is 35.5. The van der Waals surface area contributed by atoms with Gasteiger partial charge in [-0.3, -0.25) is 9.59 Å². The number of carbonyl (C=O) groups excluding carboxylic acids is 1. The van der Waals surface area contributed by atoms with Crippen LogP contribution in [0.3, 0.4) is 0 Å². The van der Waals surface area contributed by atoms with Crippen LogP contribution in [0.15, 0.2) is 53.3 Å². The average Bonchev–Trinajstić information content (AvgIpc) is 2.74. The fourth-order valence-electron chi connectivity index (χ4n) is 4.09. The highest BCUT2D eigenvalue weighted by Gasteiger charge is 2.30. The molecular formula is C23H23ClN2O3. The minimum Gasteiger partial charge on any atom is -0.466 e. The van der Waals surface area contributed by atoms with Gasteiger partial charge in [-0.15, -0.1) is 0 Å². The summed E-state index contributed by atoms with van der Waals surface area (Å²) in [7, 11) is 0. The highest BCUT2D eigenvalue weighted by molar-refractivity contribution is 6.31. The molecule has 2 heterocycles. The van der Waals surface area contributed by atoms with Crippen LogP contribution in [0.5, 0.6) is 0 Å². The van der Waals surface area contributed by atoms with E-state index in [1.54, 1.807) is 6.07 Å². The van der Waals surface area contributed by atoms with Gasteiger partial charge in [-0.2, -0.15) is 0 Å². The number of rotatable bonds is 4. The average molecular weight is 411 g/mol. The van der Waals surface area contributed by atoms with E-state index < -0.39 is 0 Å². The van der Waals surface area contributed by atoms with Gasteiger partial charge >= 0.3 is 5.97 Å². The molecule has 29 heavy (non-hydrogen) atoms.